The summed E-state index contributed by atoms with van der Waals surface area (Å²) in [6.07, 6.45) is 12.7. The number of nitrogens with two attached hydrogens (primary N) is 3. The number of pyridine rings is 2. The molecule has 1 atom stereocenters. The van der Waals surface area contributed by atoms with Crippen LogP contribution in [0, 0.1) is 0 Å². The van der Waals surface area contributed by atoms with Crippen LogP contribution in [0.15, 0.2) is 122 Å². The van der Waals surface area contributed by atoms with Crippen LogP contribution < -0.4 is 51.1 Å². The van der Waals surface area contributed by atoms with E-state index in [9.17, 15) is 4.79 Å². The first-order valence-electron chi connectivity index (χ1n) is 14.9. The fourth-order valence-corrected chi connectivity index (χ4v) is 4.65. The number of benzene rings is 4. The zero-order valence-corrected chi connectivity index (χ0v) is 28.7. The molecule has 48 heavy (non-hydrogen) atoms. The van der Waals surface area contributed by atoms with E-state index in [0.29, 0.717) is 0 Å². The lowest BCUT2D eigenvalue weighted by atomic mass is 10.1. The molecule has 9 heteroatoms. The van der Waals surface area contributed by atoms with Gasteiger partial charge < -0.3 is 47.1 Å². The maximum atomic E-state index is 9.57. The van der Waals surface area contributed by atoms with Crippen LogP contribution in [0.2, 0.25) is 0 Å². The summed E-state index contributed by atoms with van der Waals surface area (Å²) in [6, 6.07) is 36.2. The summed E-state index contributed by atoms with van der Waals surface area (Å²) in [4.78, 5) is 9.57. The van der Waals surface area contributed by atoms with Gasteiger partial charge in [0.1, 0.15) is 20.1 Å². The van der Waals surface area contributed by atoms with Crippen molar-refractivity contribution in [2.24, 2.45) is 19.8 Å². The monoisotopic (exact) mass is 681 g/mol. The first-order valence-corrected chi connectivity index (χ1v) is 14.9. The van der Waals surface area contributed by atoms with Crippen LogP contribution in [0.3, 0.4) is 0 Å². The molecule has 2 heterocycles. The van der Waals surface area contributed by atoms with Crippen LogP contribution in [0.25, 0.3) is 46.1 Å². The Morgan fingerprint density at radius 1 is 0.604 bits per heavy atom. The van der Waals surface area contributed by atoms with Gasteiger partial charge in [0.05, 0.1) is 10.8 Å². The first kappa shape index (κ1) is 39.0. The van der Waals surface area contributed by atoms with Crippen molar-refractivity contribution in [1.82, 2.24) is 0 Å². The number of nitrogen functional groups attached to an aromatic ring is 2. The molecule has 2 aromatic heterocycles. The molecule has 7 N–H and O–H groups in total. The molecule has 0 bridgehead atoms. The van der Waals surface area contributed by atoms with E-state index < -0.39 is 12.0 Å². The third-order valence-electron chi connectivity index (χ3n) is 7.32. The number of carboxylic acid groups (broad SMARTS) is 1. The topological polar surface area (TPSA) is 123 Å². The maximum absolute atomic E-state index is 9.57. The Hall–Kier alpha value is -5.21. The van der Waals surface area contributed by atoms with Crippen LogP contribution in [0.5, 0.6) is 0 Å². The van der Waals surface area contributed by atoms with Gasteiger partial charge in [0.15, 0.2) is 12.4 Å². The number of aliphatic carboxylic acids is 1. The normalized spacial score (nSPS) is 11.1. The lowest BCUT2D eigenvalue weighted by Gasteiger charge is -2.01. The summed E-state index contributed by atoms with van der Waals surface area (Å²) in [5.41, 5.74) is 25.0. The molecular formula is C39H41Cl2N5O2. The molecule has 6 rings (SSSR count). The van der Waals surface area contributed by atoms with Crippen molar-refractivity contribution in [1.29, 1.82) is 0 Å². The van der Waals surface area contributed by atoms with Gasteiger partial charge in [-0.05, 0) is 65.6 Å². The standard InChI is InChI=1S/2C18H16N2.C3H7NO2.2ClH/c2*1-20-13-12-15(17-4-2-3-5-18(17)20)9-6-14-7-10-16(19)11-8-14;1-2(4)3(5)6;;/h2*2-13,19H,1H3;2H,4H2,1H3,(H,5,6);2*1H/t;;2-;;/m..1../s1. The molecule has 0 saturated carbocycles. The molecule has 0 radical (unpaired) electrons. The molecule has 248 valence electrons. The number of nitrogens with zero attached hydrogens (tertiary/aromatic N) is 2. The molecule has 0 aliphatic heterocycles. The summed E-state index contributed by atoms with van der Waals surface area (Å²) in [5.74, 6) is -0.963. The number of halogens is 2. The molecule has 6 aromatic rings. The number of hydrogen-bond acceptors (Lipinski definition) is 4. The zero-order valence-electron chi connectivity index (χ0n) is 27.2. The lowest BCUT2D eigenvalue weighted by Crippen LogP contribution is -3.00. The number of aromatic nitrogens is 2. The van der Waals surface area contributed by atoms with Crippen molar-refractivity contribution in [2.75, 3.05) is 11.5 Å². The van der Waals surface area contributed by atoms with Gasteiger partial charge >= 0.3 is 5.97 Å². The van der Waals surface area contributed by atoms with E-state index >= 15 is 0 Å². The highest BCUT2D eigenvalue weighted by molar-refractivity contribution is 5.89. The Kier molecular flexibility index (Phi) is 15.3. The first-order chi connectivity index (χ1) is 22.1. The van der Waals surface area contributed by atoms with Crippen LogP contribution in [0.1, 0.15) is 29.2 Å². The van der Waals surface area contributed by atoms with E-state index in [2.05, 4.69) is 121 Å². The summed E-state index contributed by atoms with van der Waals surface area (Å²) in [5, 5.41) is 10.4. The van der Waals surface area contributed by atoms with Gasteiger partial charge in [0.2, 0.25) is 11.0 Å². The molecule has 0 amide bonds. The van der Waals surface area contributed by atoms with Gasteiger partial charge in [0.25, 0.3) is 0 Å². The van der Waals surface area contributed by atoms with E-state index in [1.807, 2.05) is 48.5 Å². The predicted molar refractivity (Wildman–Crippen MR) is 191 cm³/mol. The third kappa shape index (κ3) is 11.0. The van der Waals surface area contributed by atoms with E-state index in [1.165, 1.54) is 39.9 Å². The van der Waals surface area contributed by atoms with Crippen molar-refractivity contribution in [2.45, 2.75) is 13.0 Å². The number of para-hydroxylation sites is 2. The summed E-state index contributed by atoms with van der Waals surface area (Å²) in [7, 11) is 4.13. The second-order valence-corrected chi connectivity index (χ2v) is 10.9. The van der Waals surface area contributed by atoms with Gasteiger partial charge in [-0.3, -0.25) is 4.79 Å². The number of hydrogen-bond donors (Lipinski definition) is 4. The Morgan fingerprint density at radius 3 is 1.27 bits per heavy atom. The highest BCUT2D eigenvalue weighted by atomic mass is 35.5. The van der Waals surface area contributed by atoms with Gasteiger partial charge in [-0.1, -0.05) is 72.8 Å². The summed E-state index contributed by atoms with van der Waals surface area (Å²) in [6.45, 7) is 1.42. The Balaban J connectivity index is 0.000000276. The van der Waals surface area contributed by atoms with Crippen molar-refractivity contribution < 1.29 is 43.8 Å². The summed E-state index contributed by atoms with van der Waals surface area (Å²) >= 11 is 0. The van der Waals surface area contributed by atoms with Gasteiger partial charge in [-0.2, -0.15) is 0 Å². The number of anilines is 2. The molecular weight excluding hydrogens is 641 g/mol. The molecule has 0 spiro atoms. The number of fused-ring (bicyclic) bond motifs is 2. The molecule has 0 fully saturated rings. The van der Waals surface area contributed by atoms with Crippen LogP contribution in [-0.4, -0.2) is 17.1 Å². The average molecular weight is 683 g/mol. The second kappa shape index (κ2) is 18.8. The minimum Gasteiger partial charge on any atom is -1.00 e. The van der Waals surface area contributed by atoms with Crippen molar-refractivity contribution >= 4 is 63.5 Å². The minimum absolute atomic E-state index is 0. The van der Waals surface area contributed by atoms with E-state index in [-0.39, 0.29) is 24.8 Å². The van der Waals surface area contributed by atoms with Gasteiger partial charge in [-0.15, -0.1) is 0 Å². The smallest absolute Gasteiger partial charge is 0.320 e. The van der Waals surface area contributed by atoms with Crippen molar-refractivity contribution in [3.05, 3.63) is 144 Å². The highest BCUT2D eigenvalue weighted by Gasteiger charge is 2.07. The SMILES string of the molecule is C[C@@H](N)C(=O)O.C[n+]1ccc(C=Cc2ccc(N)cc2)c2ccccc21.C[n+]1ccc(C=Cc2ccc(N)cc2)c2ccccc21.[Cl-].[Cl-]. The largest absolute Gasteiger partial charge is 1.00 e. The molecule has 0 aliphatic rings. The number of carboxylic acids is 1. The lowest BCUT2D eigenvalue weighted by molar-refractivity contribution is -0.645. The van der Waals surface area contributed by atoms with Crippen molar-refractivity contribution in [3.63, 3.8) is 0 Å². The number of aryl methyl sites for hydroxylation is 2. The van der Waals surface area contributed by atoms with Gasteiger partial charge in [0, 0.05) is 35.6 Å². The highest BCUT2D eigenvalue weighted by Crippen LogP contribution is 2.19. The van der Waals surface area contributed by atoms with E-state index in [0.717, 1.165) is 22.5 Å². The molecule has 0 saturated heterocycles. The van der Waals surface area contributed by atoms with Crippen LogP contribution >= 0.6 is 0 Å². The quantitative estimate of drug-likeness (QED) is 0.154. The second-order valence-electron chi connectivity index (χ2n) is 10.9. The Labute approximate surface area is 294 Å². The van der Waals surface area contributed by atoms with Crippen LogP contribution in [0.4, 0.5) is 11.4 Å². The van der Waals surface area contributed by atoms with E-state index in [4.69, 9.17) is 22.3 Å². The fraction of sp³-hybridized carbons (Fsp3) is 0.103. The zero-order chi connectivity index (χ0) is 33.1. The van der Waals surface area contributed by atoms with E-state index in [1.54, 1.807) is 0 Å². The maximum Gasteiger partial charge on any atom is 0.320 e. The molecule has 0 aliphatic carbocycles. The van der Waals surface area contributed by atoms with Crippen LogP contribution in [-0.2, 0) is 18.9 Å². The summed E-state index contributed by atoms with van der Waals surface area (Å²) < 4.78 is 4.27. The third-order valence-corrected chi connectivity index (χ3v) is 7.32. The molecule has 0 unspecified atom stereocenters. The Bertz CT molecular complexity index is 1850. The van der Waals surface area contributed by atoms with Gasteiger partial charge in [-0.25, -0.2) is 9.13 Å². The predicted octanol–water partition coefficient (Wildman–Crippen LogP) is 0.260. The fourth-order valence-electron chi connectivity index (χ4n) is 4.65. The average Bonchev–Trinajstić information content (AvgIpc) is 3.06. The number of carbonyl (C=O) groups is 1. The number of rotatable bonds is 5. The Morgan fingerprint density at radius 2 is 0.938 bits per heavy atom. The molecule has 4 aromatic carbocycles. The molecule has 7 nitrogen and oxygen atoms in total. The minimum atomic E-state index is -0.963. The van der Waals surface area contributed by atoms with Crippen molar-refractivity contribution in [3.8, 4) is 0 Å².